The number of rotatable bonds is 3. The van der Waals surface area contributed by atoms with E-state index in [2.05, 4.69) is 0 Å². The maximum atomic E-state index is 12.6. The van der Waals surface area contributed by atoms with E-state index in [-0.39, 0.29) is 29.3 Å². The van der Waals surface area contributed by atoms with Gasteiger partial charge in [0.15, 0.2) is 11.5 Å². The second kappa shape index (κ2) is 6.56. The van der Waals surface area contributed by atoms with Gasteiger partial charge in [-0.2, -0.15) is 0 Å². The quantitative estimate of drug-likeness (QED) is 0.798. The van der Waals surface area contributed by atoms with E-state index in [1.54, 1.807) is 17.9 Å². The summed E-state index contributed by atoms with van der Waals surface area (Å²) >= 11 is 0. The molecule has 1 aliphatic heterocycles. The van der Waals surface area contributed by atoms with Gasteiger partial charge in [0.1, 0.15) is 5.76 Å². The molecule has 0 spiro atoms. The van der Waals surface area contributed by atoms with E-state index < -0.39 is 0 Å². The topological polar surface area (TPSA) is 76.8 Å². The number of likely N-dealkylation sites (tertiary alicyclic amines) is 1. The summed E-state index contributed by atoms with van der Waals surface area (Å²) in [6.45, 7) is 3.05. The van der Waals surface area contributed by atoms with Crippen molar-refractivity contribution < 1.29 is 23.5 Å². The molecule has 124 valence electrons. The average Bonchev–Trinajstić information content (AvgIpc) is 3.00. The fraction of sp³-hybridized carbons (Fsp3) is 0.588. The van der Waals surface area contributed by atoms with Gasteiger partial charge in [-0.05, 0) is 26.2 Å². The first-order valence-corrected chi connectivity index (χ1v) is 8.22. The number of fused-ring (bicyclic) bond motifs is 1. The Bertz CT molecular complexity index is 633. The van der Waals surface area contributed by atoms with E-state index in [0.29, 0.717) is 43.9 Å². The van der Waals surface area contributed by atoms with Crippen LogP contribution in [0.1, 0.15) is 59.3 Å². The van der Waals surface area contributed by atoms with E-state index in [1.165, 1.54) is 0 Å². The molecule has 1 aromatic rings. The van der Waals surface area contributed by atoms with Gasteiger partial charge in [0.05, 0.1) is 18.1 Å². The summed E-state index contributed by atoms with van der Waals surface area (Å²) in [6.07, 6.45) is 3.46. The van der Waals surface area contributed by atoms with Crippen molar-refractivity contribution in [2.45, 2.75) is 39.0 Å². The Balaban J connectivity index is 1.73. The van der Waals surface area contributed by atoms with E-state index in [1.807, 2.05) is 0 Å². The summed E-state index contributed by atoms with van der Waals surface area (Å²) in [7, 11) is 0. The van der Waals surface area contributed by atoms with Crippen LogP contribution in [0.4, 0.5) is 0 Å². The number of aryl methyl sites for hydroxylation is 1. The Morgan fingerprint density at radius 3 is 2.91 bits per heavy atom. The van der Waals surface area contributed by atoms with Gasteiger partial charge in [0.2, 0.25) is 0 Å². The number of Topliss-reactive ketones (excluding diaryl/α,β-unsaturated/α-hetero) is 1. The molecule has 3 rings (SSSR count). The molecule has 1 aromatic heterocycles. The number of nitrogens with zero attached hydrogens (tertiary/aromatic N) is 1. The van der Waals surface area contributed by atoms with Gasteiger partial charge >= 0.3 is 5.97 Å². The molecule has 1 fully saturated rings. The first-order chi connectivity index (χ1) is 11.1. The molecular formula is C17H21NO5. The zero-order valence-corrected chi connectivity index (χ0v) is 13.3. The second-order valence-corrected chi connectivity index (χ2v) is 6.07. The van der Waals surface area contributed by atoms with Gasteiger partial charge in [-0.25, -0.2) is 0 Å². The van der Waals surface area contributed by atoms with Crippen LogP contribution in [0.25, 0.3) is 0 Å². The minimum atomic E-state index is -0.279. The third-order valence-electron chi connectivity index (χ3n) is 4.46. The Hall–Kier alpha value is -2.11. The van der Waals surface area contributed by atoms with Crippen LogP contribution in [0.3, 0.4) is 0 Å². The summed E-state index contributed by atoms with van der Waals surface area (Å²) < 4.78 is 10.7. The van der Waals surface area contributed by atoms with Crippen molar-refractivity contribution in [3.63, 3.8) is 0 Å². The number of hydrogen-bond acceptors (Lipinski definition) is 5. The fourth-order valence-electron chi connectivity index (χ4n) is 3.27. The number of furan rings is 1. The molecule has 1 amide bonds. The molecule has 2 aliphatic rings. The summed E-state index contributed by atoms with van der Waals surface area (Å²) in [4.78, 5) is 38.0. The highest BCUT2D eigenvalue weighted by Gasteiger charge is 2.32. The number of hydrogen-bond donors (Lipinski definition) is 0. The number of ketones is 1. The fourth-order valence-corrected chi connectivity index (χ4v) is 3.27. The number of carbonyl (C=O) groups is 3. The van der Waals surface area contributed by atoms with Crippen molar-refractivity contribution in [3.05, 3.63) is 23.2 Å². The van der Waals surface area contributed by atoms with Gasteiger partial charge in [-0.15, -0.1) is 0 Å². The molecule has 23 heavy (non-hydrogen) atoms. The smallest absolute Gasteiger partial charge is 0.310 e. The molecule has 1 unspecified atom stereocenters. The first-order valence-electron chi connectivity index (χ1n) is 8.22. The van der Waals surface area contributed by atoms with Crippen LogP contribution in [0.2, 0.25) is 0 Å². The molecule has 0 radical (unpaired) electrons. The number of amides is 1. The highest BCUT2D eigenvalue weighted by Crippen LogP contribution is 2.27. The summed E-state index contributed by atoms with van der Waals surface area (Å²) in [5.74, 6) is 0.0781. The first kappa shape index (κ1) is 15.8. The van der Waals surface area contributed by atoms with Crippen molar-refractivity contribution in [1.82, 2.24) is 4.90 Å². The third kappa shape index (κ3) is 3.16. The summed E-state index contributed by atoms with van der Waals surface area (Å²) in [6, 6.07) is 1.56. The lowest BCUT2D eigenvalue weighted by atomic mass is 9.97. The van der Waals surface area contributed by atoms with Crippen LogP contribution in [0, 0.1) is 5.92 Å². The molecule has 2 heterocycles. The standard InChI is InChI=1S/C17H21NO5/c1-2-22-17(21)11-5-4-8-18(10-11)16(20)15-9-12-13(19)6-3-7-14(12)23-15/h9,11H,2-8,10H2,1H3. The molecule has 1 saturated heterocycles. The SMILES string of the molecule is CCOC(=O)C1CCCN(C(=O)c2cc3c(o2)CCCC3=O)C1. The van der Waals surface area contributed by atoms with Crippen molar-refractivity contribution in [3.8, 4) is 0 Å². The number of carbonyl (C=O) groups excluding carboxylic acids is 3. The van der Waals surface area contributed by atoms with Crippen molar-refractivity contribution >= 4 is 17.7 Å². The number of piperidine rings is 1. The highest BCUT2D eigenvalue weighted by atomic mass is 16.5. The molecule has 1 aliphatic carbocycles. The lowest BCUT2D eigenvalue weighted by Crippen LogP contribution is -2.42. The van der Waals surface area contributed by atoms with Gasteiger partial charge in [0.25, 0.3) is 5.91 Å². The van der Waals surface area contributed by atoms with Crippen molar-refractivity contribution in [2.24, 2.45) is 5.92 Å². The molecule has 6 heteroatoms. The van der Waals surface area contributed by atoms with E-state index in [0.717, 1.165) is 19.3 Å². The molecular weight excluding hydrogens is 298 g/mol. The summed E-state index contributed by atoms with van der Waals surface area (Å²) in [5.41, 5.74) is 0.540. The zero-order chi connectivity index (χ0) is 16.4. The van der Waals surface area contributed by atoms with Crippen molar-refractivity contribution in [2.75, 3.05) is 19.7 Å². The van der Waals surface area contributed by atoms with Crippen LogP contribution in [0.5, 0.6) is 0 Å². The van der Waals surface area contributed by atoms with Crippen LogP contribution in [-0.4, -0.2) is 42.3 Å². The molecule has 0 saturated carbocycles. The predicted octanol–water partition coefficient (Wildman–Crippen LogP) is 2.21. The van der Waals surface area contributed by atoms with Crippen molar-refractivity contribution in [1.29, 1.82) is 0 Å². The molecule has 6 nitrogen and oxygen atoms in total. The number of esters is 1. The van der Waals surface area contributed by atoms with Gasteiger partial charge in [-0.3, -0.25) is 14.4 Å². The minimum Gasteiger partial charge on any atom is -0.466 e. The van der Waals surface area contributed by atoms with Gasteiger partial charge < -0.3 is 14.1 Å². The third-order valence-corrected chi connectivity index (χ3v) is 4.46. The van der Waals surface area contributed by atoms with E-state index in [9.17, 15) is 14.4 Å². The average molecular weight is 319 g/mol. The minimum absolute atomic E-state index is 0.0390. The highest BCUT2D eigenvalue weighted by molar-refractivity contribution is 6.01. The zero-order valence-electron chi connectivity index (χ0n) is 13.3. The maximum absolute atomic E-state index is 12.6. The van der Waals surface area contributed by atoms with Crippen LogP contribution < -0.4 is 0 Å². The number of ether oxygens (including phenoxy) is 1. The van der Waals surface area contributed by atoms with Gasteiger partial charge in [-0.1, -0.05) is 0 Å². The largest absolute Gasteiger partial charge is 0.466 e. The van der Waals surface area contributed by atoms with E-state index in [4.69, 9.17) is 9.15 Å². The van der Waals surface area contributed by atoms with Crippen LogP contribution in [0.15, 0.2) is 10.5 Å². The Morgan fingerprint density at radius 1 is 1.35 bits per heavy atom. The monoisotopic (exact) mass is 319 g/mol. The normalized spacial score (nSPS) is 21.0. The molecule has 0 N–H and O–H groups in total. The Kier molecular flexibility index (Phi) is 4.50. The van der Waals surface area contributed by atoms with E-state index >= 15 is 0 Å². The summed E-state index contributed by atoms with van der Waals surface area (Å²) in [5, 5.41) is 0. The molecule has 0 bridgehead atoms. The van der Waals surface area contributed by atoms with Crippen LogP contribution in [-0.2, 0) is 16.0 Å². The lowest BCUT2D eigenvalue weighted by Gasteiger charge is -2.30. The second-order valence-electron chi connectivity index (χ2n) is 6.07. The predicted molar refractivity (Wildman–Crippen MR) is 81.2 cm³/mol. The molecule has 1 atom stereocenters. The Morgan fingerprint density at radius 2 is 2.17 bits per heavy atom. The lowest BCUT2D eigenvalue weighted by molar-refractivity contribution is -0.149. The maximum Gasteiger partial charge on any atom is 0.310 e. The van der Waals surface area contributed by atoms with Gasteiger partial charge in [0, 0.05) is 32.0 Å². The van der Waals surface area contributed by atoms with Crippen LogP contribution >= 0.6 is 0 Å². The molecule has 0 aromatic carbocycles. The Labute approximate surface area is 134 Å².